The third-order valence-corrected chi connectivity index (χ3v) is 6.40. The normalized spacial score (nSPS) is 15.8. The lowest BCUT2D eigenvalue weighted by Gasteiger charge is -2.08. The van der Waals surface area contributed by atoms with Crippen molar-refractivity contribution in [2.75, 3.05) is 11.9 Å². The molecule has 0 spiro atoms. The molecular formula is C22H25F3N2O3S2. The van der Waals surface area contributed by atoms with Gasteiger partial charge in [-0.15, -0.1) is 11.8 Å². The van der Waals surface area contributed by atoms with Crippen molar-refractivity contribution < 1.29 is 27.9 Å². The number of thioether (sulfide) groups is 2. The Balaban J connectivity index is 0.000000235. The van der Waals surface area contributed by atoms with E-state index >= 15 is 0 Å². The van der Waals surface area contributed by atoms with E-state index in [4.69, 9.17) is 5.11 Å². The van der Waals surface area contributed by atoms with Crippen molar-refractivity contribution in [2.45, 2.75) is 53.3 Å². The first kappa shape index (κ1) is 26.1. The highest BCUT2D eigenvalue weighted by Crippen LogP contribution is 2.37. The number of carboxylic acids is 1. The van der Waals surface area contributed by atoms with E-state index in [1.54, 1.807) is 6.92 Å². The SMILES string of the molecule is CCNC1Cc2ccc(SC(C)C(=O)O)cc2C1.O=CNc1ccc(SC(F)(F)F)cc1. The van der Waals surface area contributed by atoms with Gasteiger partial charge in [-0.25, -0.2) is 0 Å². The second kappa shape index (κ2) is 12.2. The van der Waals surface area contributed by atoms with Gasteiger partial charge in [0.1, 0.15) is 5.25 Å². The van der Waals surface area contributed by atoms with Crippen LogP contribution in [0.3, 0.4) is 0 Å². The molecule has 2 aromatic rings. The zero-order valence-corrected chi connectivity index (χ0v) is 19.2. The molecule has 1 aliphatic rings. The zero-order chi connectivity index (χ0) is 23.7. The maximum absolute atomic E-state index is 11.9. The molecule has 0 radical (unpaired) electrons. The third-order valence-electron chi connectivity index (χ3n) is 4.58. The number of fused-ring (bicyclic) bond motifs is 1. The summed E-state index contributed by atoms with van der Waals surface area (Å²) in [6.07, 6.45) is 2.60. The molecule has 0 aliphatic heterocycles. The first-order valence-corrected chi connectivity index (χ1v) is 11.6. The summed E-state index contributed by atoms with van der Waals surface area (Å²) in [5, 5.41) is 14.3. The molecule has 3 N–H and O–H groups in total. The van der Waals surface area contributed by atoms with E-state index < -0.39 is 16.7 Å². The molecule has 174 valence electrons. The second-order valence-corrected chi connectivity index (χ2v) is 9.58. The van der Waals surface area contributed by atoms with E-state index in [9.17, 15) is 22.8 Å². The van der Waals surface area contributed by atoms with Gasteiger partial charge in [0, 0.05) is 21.5 Å². The van der Waals surface area contributed by atoms with Crippen molar-refractivity contribution in [1.29, 1.82) is 0 Å². The number of nitrogens with one attached hydrogen (secondary N) is 2. The fraction of sp³-hybridized carbons (Fsp3) is 0.364. The lowest BCUT2D eigenvalue weighted by Crippen LogP contribution is -2.28. The minimum absolute atomic E-state index is 0.0916. The summed E-state index contributed by atoms with van der Waals surface area (Å²) in [5.74, 6) is -0.758. The quantitative estimate of drug-likeness (QED) is 0.352. The summed E-state index contributed by atoms with van der Waals surface area (Å²) in [6.45, 7) is 4.84. The lowest BCUT2D eigenvalue weighted by atomic mass is 10.1. The van der Waals surface area contributed by atoms with E-state index in [0.717, 1.165) is 24.3 Å². The summed E-state index contributed by atoms with van der Waals surface area (Å²) in [5.41, 5.74) is -1.05. The van der Waals surface area contributed by atoms with E-state index in [1.165, 1.54) is 47.2 Å². The van der Waals surface area contributed by atoms with Gasteiger partial charge in [-0.05, 0) is 85.6 Å². The predicted molar refractivity (Wildman–Crippen MR) is 122 cm³/mol. The number of carbonyl (C=O) groups excluding carboxylic acids is 1. The molecule has 0 aromatic heterocycles. The zero-order valence-electron chi connectivity index (χ0n) is 17.6. The average Bonchev–Trinajstić information content (AvgIpc) is 3.11. The van der Waals surface area contributed by atoms with Crippen LogP contribution in [0.2, 0.25) is 0 Å². The number of carboxylic acid groups (broad SMARTS) is 1. The van der Waals surface area contributed by atoms with Gasteiger partial charge in [-0.3, -0.25) is 9.59 Å². The van der Waals surface area contributed by atoms with Crippen molar-refractivity contribution in [3.05, 3.63) is 53.6 Å². The highest BCUT2D eigenvalue weighted by Gasteiger charge is 2.29. The Labute approximate surface area is 193 Å². The molecule has 0 saturated heterocycles. The number of hydrogen-bond acceptors (Lipinski definition) is 5. The molecule has 5 nitrogen and oxygen atoms in total. The topological polar surface area (TPSA) is 78.4 Å². The minimum atomic E-state index is -4.28. The number of halogens is 3. The summed E-state index contributed by atoms with van der Waals surface area (Å²) in [7, 11) is 0. The number of anilines is 1. The average molecular weight is 487 g/mol. The summed E-state index contributed by atoms with van der Waals surface area (Å²) in [6, 6.07) is 12.3. The third kappa shape index (κ3) is 8.76. The first-order chi connectivity index (χ1) is 15.1. The molecule has 2 atom stereocenters. The van der Waals surface area contributed by atoms with Gasteiger partial charge in [-0.2, -0.15) is 13.2 Å². The van der Waals surface area contributed by atoms with Crippen molar-refractivity contribution in [1.82, 2.24) is 5.32 Å². The van der Waals surface area contributed by atoms with Crippen LogP contribution in [0.1, 0.15) is 25.0 Å². The Hall–Kier alpha value is -2.17. The number of benzene rings is 2. The molecule has 0 bridgehead atoms. The lowest BCUT2D eigenvalue weighted by molar-refractivity contribution is -0.136. The van der Waals surface area contributed by atoms with Gasteiger partial charge in [0.2, 0.25) is 6.41 Å². The van der Waals surface area contributed by atoms with E-state index in [2.05, 4.69) is 29.7 Å². The van der Waals surface area contributed by atoms with Gasteiger partial charge in [0.05, 0.1) is 0 Å². The standard InChI is InChI=1S/C14H19NO2S.C8H6F3NOS/c1-3-15-12-6-10-4-5-13(8-11(10)7-12)18-9(2)14(16)17;9-8(10,11)14-7-3-1-6(2-4-7)12-5-13/h4-5,8-9,12,15H,3,6-7H2,1-2H3,(H,16,17);1-5H,(H,12,13). The maximum Gasteiger partial charge on any atom is 0.446 e. The number of alkyl halides is 3. The summed E-state index contributed by atoms with van der Waals surface area (Å²) in [4.78, 5) is 22.0. The molecule has 1 amide bonds. The molecule has 32 heavy (non-hydrogen) atoms. The van der Waals surface area contributed by atoms with Crippen LogP contribution in [0.15, 0.2) is 52.3 Å². The van der Waals surface area contributed by atoms with Crippen molar-refractivity contribution in [2.24, 2.45) is 0 Å². The number of amides is 1. The number of hydrogen-bond donors (Lipinski definition) is 3. The van der Waals surface area contributed by atoms with E-state index in [1.807, 2.05) is 6.07 Å². The Morgan fingerprint density at radius 1 is 1.16 bits per heavy atom. The fourth-order valence-corrected chi connectivity index (χ4v) is 4.58. The maximum atomic E-state index is 11.9. The van der Waals surface area contributed by atoms with Gasteiger partial charge in [0.25, 0.3) is 0 Å². The number of carbonyl (C=O) groups is 2. The Morgan fingerprint density at radius 3 is 2.34 bits per heavy atom. The van der Waals surface area contributed by atoms with Gasteiger partial charge in [-0.1, -0.05) is 13.0 Å². The highest BCUT2D eigenvalue weighted by molar-refractivity contribution is 8.00. The minimum Gasteiger partial charge on any atom is -0.480 e. The molecule has 3 rings (SSSR count). The van der Waals surface area contributed by atoms with Crippen LogP contribution < -0.4 is 10.6 Å². The molecule has 2 aromatic carbocycles. The molecule has 0 fully saturated rings. The molecule has 2 unspecified atom stereocenters. The van der Waals surface area contributed by atoms with Crippen LogP contribution in [-0.2, 0) is 22.4 Å². The Bertz CT molecular complexity index is 908. The first-order valence-electron chi connectivity index (χ1n) is 9.92. The van der Waals surface area contributed by atoms with Gasteiger partial charge >= 0.3 is 11.5 Å². The smallest absolute Gasteiger partial charge is 0.446 e. The largest absolute Gasteiger partial charge is 0.480 e. The van der Waals surface area contributed by atoms with Crippen LogP contribution in [0.5, 0.6) is 0 Å². The molecule has 0 saturated carbocycles. The Kier molecular flexibility index (Phi) is 9.92. The van der Waals surface area contributed by atoms with Crippen LogP contribution in [-0.4, -0.2) is 40.8 Å². The second-order valence-electron chi connectivity index (χ2n) is 7.03. The monoisotopic (exact) mass is 486 g/mol. The van der Waals surface area contributed by atoms with Gasteiger partial charge < -0.3 is 15.7 Å². The number of aliphatic carboxylic acids is 1. The highest BCUT2D eigenvalue weighted by atomic mass is 32.2. The molecule has 0 heterocycles. The van der Waals surface area contributed by atoms with Crippen molar-refractivity contribution in [3.8, 4) is 0 Å². The summed E-state index contributed by atoms with van der Waals surface area (Å²) < 4.78 is 35.6. The van der Waals surface area contributed by atoms with Crippen LogP contribution in [0.4, 0.5) is 18.9 Å². The molecule has 1 aliphatic carbocycles. The fourth-order valence-electron chi connectivity index (χ4n) is 3.18. The molecular weight excluding hydrogens is 461 g/mol. The Morgan fingerprint density at radius 2 is 1.78 bits per heavy atom. The summed E-state index contributed by atoms with van der Waals surface area (Å²) >= 11 is 1.22. The van der Waals surface area contributed by atoms with Crippen LogP contribution >= 0.6 is 23.5 Å². The van der Waals surface area contributed by atoms with Crippen molar-refractivity contribution in [3.63, 3.8) is 0 Å². The van der Waals surface area contributed by atoms with Crippen LogP contribution in [0, 0.1) is 0 Å². The number of rotatable bonds is 8. The predicted octanol–water partition coefficient (Wildman–Crippen LogP) is 5.20. The van der Waals surface area contributed by atoms with Gasteiger partial charge in [0.15, 0.2) is 0 Å². The number of likely N-dealkylation sites (N-methyl/N-ethyl adjacent to an activating group) is 1. The molecule has 10 heteroatoms. The van der Waals surface area contributed by atoms with E-state index in [-0.39, 0.29) is 16.7 Å². The van der Waals surface area contributed by atoms with Crippen LogP contribution in [0.25, 0.3) is 0 Å². The van der Waals surface area contributed by atoms with E-state index in [0.29, 0.717) is 18.1 Å². The van der Waals surface area contributed by atoms with Crippen molar-refractivity contribution >= 4 is 41.6 Å².